The summed E-state index contributed by atoms with van der Waals surface area (Å²) in [5.74, 6) is 1.60. The third-order valence-electron chi connectivity index (χ3n) is 6.58. The van der Waals surface area contributed by atoms with Crippen molar-refractivity contribution in [3.63, 3.8) is 0 Å². The van der Waals surface area contributed by atoms with Gasteiger partial charge in [-0.3, -0.25) is 0 Å². The zero-order valence-electron chi connectivity index (χ0n) is 19.4. The largest absolute Gasteiger partial charge is 0.489 e. The first-order valence-electron chi connectivity index (χ1n) is 12.3. The summed E-state index contributed by atoms with van der Waals surface area (Å²) >= 11 is 0. The summed E-state index contributed by atoms with van der Waals surface area (Å²) in [7, 11) is 0. The molecule has 0 spiro atoms. The lowest BCUT2D eigenvalue weighted by Crippen LogP contribution is -2.12. The summed E-state index contributed by atoms with van der Waals surface area (Å²) < 4.78 is 6.09. The molecule has 1 radical (unpaired) electrons. The average molecular weight is 417 g/mol. The number of rotatable bonds is 11. The monoisotopic (exact) mass is 416 g/mol. The predicted molar refractivity (Wildman–Crippen MR) is 130 cm³/mol. The molecule has 0 bridgehead atoms. The summed E-state index contributed by atoms with van der Waals surface area (Å²) in [5, 5.41) is 9.65. The lowest BCUT2D eigenvalue weighted by Gasteiger charge is -2.21. The van der Waals surface area contributed by atoms with Crippen LogP contribution < -0.4 is 4.74 Å². The smallest absolute Gasteiger partial charge is 0.137 e. The number of ether oxygens (including phenoxy) is 1. The maximum absolute atomic E-state index is 9.65. The van der Waals surface area contributed by atoms with Crippen LogP contribution in [0.4, 0.5) is 0 Å². The van der Waals surface area contributed by atoms with Gasteiger partial charge in [0.1, 0.15) is 11.8 Å². The van der Waals surface area contributed by atoms with E-state index in [1.165, 1.54) is 63.4 Å². The van der Waals surface area contributed by atoms with Gasteiger partial charge in [-0.1, -0.05) is 69.4 Å². The highest BCUT2D eigenvalue weighted by Crippen LogP contribution is 2.29. The molecule has 1 aliphatic rings. The van der Waals surface area contributed by atoms with E-state index < -0.39 is 0 Å². The first-order chi connectivity index (χ1) is 15.2. The number of hydrogen-bond acceptors (Lipinski definition) is 2. The molecule has 0 saturated heterocycles. The van der Waals surface area contributed by atoms with Crippen molar-refractivity contribution in [1.82, 2.24) is 0 Å². The van der Waals surface area contributed by atoms with Crippen LogP contribution in [0, 0.1) is 23.7 Å². The van der Waals surface area contributed by atoms with E-state index >= 15 is 0 Å². The van der Waals surface area contributed by atoms with Crippen molar-refractivity contribution in [2.24, 2.45) is 5.92 Å². The van der Waals surface area contributed by atoms with Gasteiger partial charge in [-0.05, 0) is 86.6 Å². The van der Waals surface area contributed by atoms with Crippen molar-refractivity contribution in [1.29, 1.82) is 5.26 Å². The molecule has 3 rings (SSSR count). The molecule has 165 valence electrons. The van der Waals surface area contributed by atoms with Crippen molar-refractivity contribution in [3.8, 4) is 22.9 Å². The van der Waals surface area contributed by atoms with Gasteiger partial charge in [0.05, 0.1) is 11.7 Å². The Morgan fingerprint density at radius 3 is 2.45 bits per heavy atom. The molecule has 0 aliphatic heterocycles. The van der Waals surface area contributed by atoms with Gasteiger partial charge in [-0.25, -0.2) is 0 Å². The zero-order chi connectivity index (χ0) is 21.9. The van der Waals surface area contributed by atoms with Gasteiger partial charge >= 0.3 is 0 Å². The highest BCUT2D eigenvalue weighted by Gasteiger charge is 2.14. The number of unbranched alkanes of at least 4 members (excludes halogenated alkanes) is 3. The molecule has 1 aliphatic carbocycles. The highest BCUT2D eigenvalue weighted by atomic mass is 16.5. The third-order valence-corrected chi connectivity index (χ3v) is 6.58. The minimum absolute atomic E-state index is 0.135. The van der Waals surface area contributed by atoms with Gasteiger partial charge in [-0.15, -0.1) is 0 Å². The number of nitrogens with zero attached hydrogens (tertiary/aromatic N) is 1. The summed E-state index contributed by atoms with van der Waals surface area (Å²) in [6, 6.07) is 17.2. The summed E-state index contributed by atoms with van der Waals surface area (Å²) in [4.78, 5) is 0. The van der Waals surface area contributed by atoms with E-state index in [1.54, 1.807) is 0 Å². The van der Waals surface area contributed by atoms with E-state index in [-0.39, 0.29) is 6.10 Å². The lowest BCUT2D eigenvalue weighted by atomic mass is 9.85. The Kier molecular flexibility index (Phi) is 9.47. The second-order valence-corrected chi connectivity index (χ2v) is 9.15. The molecule has 1 unspecified atom stereocenters. The van der Waals surface area contributed by atoms with Gasteiger partial charge in [0.2, 0.25) is 0 Å². The standard InChI is InChI=1S/C29H38NO/c1-3-4-5-7-10-23(2)31-29-20-19-27(21-28(29)22-30)26-17-15-25(16-18-26)14-13-24-11-8-6-9-12-24/h6,15-21,23-24H,3-5,7-14H2,1-2H3. The molecule has 0 amide bonds. The normalized spacial score (nSPS) is 15.4. The molecule has 1 fully saturated rings. The quantitative estimate of drug-likeness (QED) is 0.345. The molecule has 2 aromatic rings. The molecule has 1 saturated carbocycles. The van der Waals surface area contributed by atoms with E-state index in [4.69, 9.17) is 4.74 Å². The van der Waals surface area contributed by atoms with Crippen LogP contribution in [0.15, 0.2) is 42.5 Å². The van der Waals surface area contributed by atoms with Crippen LogP contribution in [0.1, 0.15) is 89.2 Å². The van der Waals surface area contributed by atoms with E-state index in [2.05, 4.69) is 56.7 Å². The van der Waals surface area contributed by atoms with Crippen molar-refractivity contribution in [2.75, 3.05) is 0 Å². The maximum atomic E-state index is 9.65. The van der Waals surface area contributed by atoms with Crippen molar-refractivity contribution < 1.29 is 4.74 Å². The van der Waals surface area contributed by atoms with Crippen LogP contribution in [0.5, 0.6) is 5.75 Å². The molecule has 0 N–H and O–H groups in total. The fourth-order valence-corrected chi connectivity index (χ4v) is 4.55. The van der Waals surface area contributed by atoms with Gasteiger partial charge in [0, 0.05) is 0 Å². The molecule has 0 heterocycles. The first-order valence-corrected chi connectivity index (χ1v) is 12.3. The first kappa shape index (κ1) is 23.4. The number of nitriles is 1. The Hall–Kier alpha value is -2.27. The fraction of sp³-hybridized carbons (Fsp3) is 0.517. The summed E-state index contributed by atoms with van der Waals surface area (Å²) in [6.45, 7) is 4.33. The van der Waals surface area contributed by atoms with E-state index in [0.717, 1.165) is 29.9 Å². The van der Waals surface area contributed by atoms with Crippen LogP contribution in [-0.2, 0) is 6.42 Å². The molecular weight excluding hydrogens is 378 g/mol. The van der Waals surface area contributed by atoms with Crippen LogP contribution in [-0.4, -0.2) is 6.10 Å². The lowest BCUT2D eigenvalue weighted by molar-refractivity contribution is 0.206. The SMILES string of the molecule is CCCCCCC(C)Oc1ccc(-c2ccc(CCC3CC[CH]CC3)cc2)cc1C#N. The average Bonchev–Trinajstić information content (AvgIpc) is 2.82. The van der Waals surface area contributed by atoms with Crippen LogP contribution in [0.25, 0.3) is 11.1 Å². The van der Waals surface area contributed by atoms with Gasteiger partial charge in [-0.2, -0.15) is 5.26 Å². The Morgan fingerprint density at radius 2 is 1.74 bits per heavy atom. The molecule has 2 aromatic carbocycles. The second kappa shape index (κ2) is 12.6. The third kappa shape index (κ3) is 7.42. The fourth-order valence-electron chi connectivity index (χ4n) is 4.55. The predicted octanol–water partition coefficient (Wildman–Crippen LogP) is 8.29. The summed E-state index contributed by atoms with van der Waals surface area (Å²) in [6.07, 6.45) is 16.3. The Balaban J connectivity index is 1.57. The molecule has 31 heavy (non-hydrogen) atoms. The highest BCUT2D eigenvalue weighted by molar-refractivity contribution is 5.67. The van der Waals surface area contributed by atoms with Crippen molar-refractivity contribution >= 4 is 0 Å². The summed E-state index contributed by atoms with van der Waals surface area (Å²) in [5.41, 5.74) is 4.27. The maximum Gasteiger partial charge on any atom is 0.137 e. The topological polar surface area (TPSA) is 33.0 Å². The van der Waals surface area contributed by atoms with Gasteiger partial charge in [0.15, 0.2) is 0 Å². The molecule has 2 heteroatoms. The van der Waals surface area contributed by atoms with Crippen molar-refractivity contribution in [2.45, 2.75) is 90.6 Å². The van der Waals surface area contributed by atoms with E-state index in [9.17, 15) is 5.26 Å². The molecule has 0 aromatic heterocycles. The Bertz CT molecular complexity index is 827. The van der Waals surface area contributed by atoms with Crippen LogP contribution in [0.2, 0.25) is 0 Å². The van der Waals surface area contributed by atoms with E-state index in [1.807, 2.05) is 12.1 Å². The van der Waals surface area contributed by atoms with Gasteiger partial charge in [0.25, 0.3) is 0 Å². The molecular formula is C29H38NO. The Labute approximate surface area is 189 Å². The minimum Gasteiger partial charge on any atom is -0.489 e. The zero-order valence-corrected chi connectivity index (χ0v) is 19.4. The number of hydrogen-bond donors (Lipinski definition) is 0. The van der Waals surface area contributed by atoms with Crippen LogP contribution in [0.3, 0.4) is 0 Å². The number of benzene rings is 2. The van der Waals surface area contributed by atoms with E-state index in [0.29, 0.717) is 11.3 Å². The molecule has 1 atom stereocenters. The second-order valence-electron chi connectivity index (χ2n) is 9.15. The Morgan fingerprint density at radius 1 is 1.00 bits per heavy atom. The minimum atomic E-state index is 0.135. The molecule has 2 nitrogen and oxygen atoms in total. The van der Waals surface area contributed by atoms with Gasteiger partial charge < -0.3 is 4.74 Å². The van der Waals surface area contributed by atoms with Crippen LogP contribution >= 0.6 is 0 Å². The number of aryl methyl sites for hydroxylation is 1. The van der Waals surface area contributed by atoms with Crippen molar-refractivity contribution in [3.05, 3.63) is 60.0 Å².